The van der Waals surface area contributed by atoms with Crippen molar-refractivity contribution in [3.05, 3.63) is 40.6 Å². The van der Waals surface area contributed by atoms with Gasteiger partial charge in [0.1, 0.15) is 5.69 Å². The van der Waals surface area contributed by atoms with E-state index < -0.39 is 0 Å². The number of hydrogen-bond acceptors (Lipinski definition) is 5. The van der Waals surface area contributed by atoms with Gasteiger partial charge in [-0.25, -0.2) is 0 Å². The van der Waals surface area contributed by atoms with Crippen LogP contribution in [0.4, 0.5) is 11.4 Å². The molecule has 112 valence electrons. The van der Waals surface area contributed by atoms with Crippen molar-refractivity contribution in [2.45, 2.75) is 19.8 Å². The van der Waals surface area contributed by atoms with Crippen LogP contribution in [0.1, 0.15) is 19.8 Å². The Morgan fingerprint density at radius 1 is 1.33 bits per heavy atom. The Bertz CT molecular complexity index is 631. The first-order valence-corrected chi connectivity index (χ1v) is 7.07. The fourth-order valence-electron chi connectivity index (χ4n) is 2.39. The van der Waals surface area contributed by atoms with Crippen LogP contribution in [0.3, 0.4) is 0 Å². The number of nitro benzene ring substituents is 1. The Hall–Kier alpha value is -2.21. The van der Waals surface area contributed by atoms with Crippen molar-refractivity contribution < 1.29 is 10.0 Å². The summed E-state index contributed by atoms with van der Waals surface area (Å²) in [5, 5.41) is 21.3. The molecule has 2 aromatic rings. The lowest BCUT2D eigenvalue weighted by Gasteiger charge is -2.23. The van der Waals surface area contributed by atoms with Crippen LogP contribution < -0.4 is 4.90 Å². The Morgan fingerprint density at radius 2 is 2.14 bits per heavy atom. The van der Waals surface area contributed by atoms with Gasteiger partial charge in [0.05, 0.1) is 22.4 Å². The van der Waals surface area contributed by atoms with E-state index in [1.807, 2.05) is 4.90 Å². The molecule has 0 spiro atoms. The van der Waals surface area contributed by atoms with Crippen molar-refractivity contribution in [3.63, 3.8) is 0 Å². The van der Waals surface area contributed by atoms with Gasteiger partial charge in [-0.3, -0.25) is 15.1 Å². The molecule has 0 unspecified atom stereocenters. The highest BCUT2D eigenvalue weighted by molar-refractivity contribution is 5.94. The van der Waals surface area contributed by atoms with Crippen molar-refractivity contribution in [2.24, 2.45) is 0 Å². The van der Waals surface area contributed by atoms with Crippen LogP contribution in [0.15, 0.2) is 30.5 Å². The van der Waals surface area contributed by atoms with Crippen LogP contribution in [-0.2, 0) is 0 Å². The molecule has 1 heterocycles. The van der Waals surface area contributed by atoms with E-state index in [4.69, 9.17) is 0 Å². The first-order chi connectivity index (χ1) is 10.2. The summed E-state index contributed by atoms with van der Waals surface area (Å²) in [6.07, 6.45) is 3.53. The first kappa shape index (κ1) is 15.2. The zero-order valence-corrected chi connectivity index (χ0v) is 12.0. The summed E-state index contributed by atoms with van der Waals surface area (Å²) in [6, 6.07) is 6.91. The lowest BCUT2D eigenvalue weighted by molar-refractivity contribution is -0.382. The van der Waals surface area contributed by atoms with E-state index in [2.05, 4.69) is 11.9 Å². The molecule has 0 radical (unpaired) electrons. The highest BCUT2D eigenvalue weighted by atomic mass is 16.6. The maximum atomic E-state index is 11.5. The highest BCUT2D eigenvalue weighted by Gasteiger charge is 2.22. The quantitative estimate of drug-likeness (QED) is 0.626. The SMILES string of the molecule is CCCCN(CCO)c1ccc2ncccc2c1[N+](=O)[O-]. The lowest BCUT2D eigenvalue weighted by Crippen LogP contribution is -2.28. The Balaban J connectivity index is 2.55. The van der Waals surface area contributed by atoms with Crippen LogP contribution in [-0.4, -0.2) is 34.7 Å². The van der Waals surface area contributed by atoms with Gasteiger partial charge in [-0.05, 0) is 30.7 Å². The van der Waals surface area contributed by atoms with E-state index in [-0.39, 0.29) is 17.2 Å². The van der Waals surface area contributed by atoms with Gasteiger partial charge in [0.2, 0.25) is 0 Å². The van der Waals surface area contributed by atoms with Gasteiger partial charge in [-0.1, -0.05) is 13.3 Å². The second-order valence-electron chi connectivity index (χ2n) is 4.82. The summed E-state index contributed by atoms with van der Waals surface area (Å²) in [5.74, 6) is 0. The number of hydrogen-bond donors (Lipinski definition) is 1. The molecule has 0 saturated carbocycles. The van der Waals surface area contributed by atoms with E-state index in [0.717, 1.165) is 12.8 Å². The fourth-order valence-corrected chi connectivity index (χ4v) is 2.39. The minimum atomic E-state index is -0.365. The number of fused-ring (bicyclic) bond motifs is 1. The molecule has 2 rings (SSSR count). The van der Waals surface area contributed by atoms with Gasteiger partial charge in [-0.2, -0.15) is 0 Å². The number of nitrogens with zero attached hydrogens (tertiary/aromatic N) is 3. The molecular formula is C15H19N3O3. The van der Waals surface area contributed by atoms with Gasteiger partial charge in [0.25, 0.3) is 0 Å². The van der Waals surface area contributed by atoms with Crippen molar-refractivity contribution in [2.75, 3.05) is 24.6 Å². The van der Waals surface area contributed by atoms with E-state index in [1.54, 1.807) is 30.5 Å². The number of anilines is 1. The molecule has 1 aromatic heterocycles. The fraction of sp³-hybridized carbons (Fsp3) is 0.400. The van der Waals surface area contributed by atoms with Crippen LogP contribution in [0.25, 0.3) is 10.9 Å². The van der Waals surface area contributed by atoms with E-state index in [9.17, 15) is 15.2 Å². The van der Waals surface area contributed by atoms with Gasteiger partial charge in [0, 0.05) is 19.3 Å². The molecule has 0 amide bonds. The third-order valence-corrected chi connectivity index (χ3v) is 3.41. The average Bonchev–Trinajstić information content (AvgIpc) is 2.50. The molecule has 21 heavy (non-hydrogen) atoms. The van der Waals surface area contributed by atoms with E-state index in [1.165, 1.54) is 0 Å². The number of rotatable bonds is 7. The molecule has 0 atom stereocenters. The predicted molar refractivity (Wildman–Crippen MR) is 82.6 cm³/mol. The Kier molecular flexibility index (Phi) is 5.05. The van der Waals surface area contributed by atoms with E-state index in [0.29, 0.717) is 29.7 Å². The standard InChI is InChI=1S/C15H19N3O3/c1-2-3-9-17(10-11-19)14-7-6-13-12(5-4-8-16-13)15(14)18(20)21/h4-8,19H,2-3,9-11H2,1H3. The summed E-state index contributed by atoms with van der Waals surface area (Å²) in [4.78, 5) is 17.2. The van der Waals surface area contributed by atoms with Crippen molar-refractivity contribution >= 4 is 22.3 Å². The second-order valence-corrected chi connectivity index (χ2v) is 4.82. The number of pyridine rings is 1. The van der Waals surface area contributed by atoms with Crippen LogP contribution in [0.2, 0.25) is 0 Å². The smallest absolute Gasteiger partial charge is 0.301 e. The van der Waals surface area contributed by atoms with Crippen LogP contribution in [0, 0.1) is 10.1 Å². The van der Waals surface area contributed by atoms with Crippen molar-refractivity contribution in [1.82, 2.24) is 4.98 Å². The average molecular weight is 289 g/mol. The number of nitro groups is 1. The molecule has 0 bridgehead atoms. The predicted octanol–water partition coefficient (Wildman–Crippen LogP) is 2.74. The van der Waals surface area contributed by atoms with Gasteiger partial charge in [0.15, 0.2) is 0 Å². The number of aliphatic hydroxyl groups is 1. The Labute approximate surface area is 123 Å². The minimum absolute atomic E-state index is 0.0358. The third-order valence-electron chi connectivity index (χ3n) is 3.41. The summed E-state index contributed by atoms with van der Waals surface area (Å²) in [7, 11) is 0. The summed E-state index contributed by atoms with van der Waals surface area (Å²) in [6.45, 7) is 3.10. The molecule has 0 aliphatic rings. The second kappa shape index (κ2) is 6.99. The molecule has 1 N–H and O–H groups in total. The normalized spacial score (nSPS) is 10.8. The number of benzene rings is 1. The highest BCUT2D eigenvalue weighted by Crippen LogP contribution is 2.35. The largest absolute Gasteiger partial charge is 0.395 e. The minimum Gasteiger partial charge on any atom is -0.395 e. The van der Waals surface area contributed by atoms with Crippen LogP contribution >= 0.6 is 0 Å². The van der Waals surface area contributed by atoms with Gasteiger partial charge in [-0.15, -0.1) is 0 Å². The molecule has 6 heteroatoms. The van der Waals surface area contributed by atoms with Gasteiger partial charge < -0.3 is 10.0 Å². The van der Waals surface area contributed by atoms with E-state index >= 15 is 0 Å². The molecule has 6 nitrogen and oxygen atoms in total. The third kappa shape index (κ3) is 3.28. The zero-order chi connectivity index (χ0) is 15.2. The molecule has 1 aromatic carbocycles. The molecule has 0 aliphatic carbocycles. The first-order valence-electron chi connectivity index (χ1n) is 7.07. The topological polar surface area (TPSA) is 79.5 Å². The summed E-state index contributed by atoms with van der Waals surface area (Å²) in [5.41, 5.74) is 1.21. The molecule has 0 fully saturated rings. The van der Waals surface area contributed by atoms with Gasteiger partial charge >= 0.3 is 5.69 Å². The monoisotopic (exact) mass is 289 g/mol. The maximum absolute atomic E-state index is 11.5. The van der Waals surface area contributed by atoms with Crippen LogP contribution in [0.5, 0.6) is 0 Å². The molecule has 0 aliphatic heterocycles. The molecule has 0 saturated heterocycles. The summed E-state index contributed by atoms with van der Waals surface area (Å²) < 4.78 is 0. The Morgan fingerprint density at radius 3 is 2.81 bits per heavy atom. The zero-order valence-electron chi connectivity index (χ0n) is 12.0. The number of aliphatic hydroxyl groups excluding tert-OH is 1. The number of aromatic nitrogens is 1. The van der Waals surface area contributed by atoms with Crippen molar-refractivity contribution in [1.29, 1.82) is 0 Å². The summed E-state index contributed by atoms with van der Waals surface area (Å²) >= 11 is 0. The lowest BCUT2D eigenvalue weighted by atomic mass is 10.1. The van der Waals surface area contributed by atoms with Crippen molar-refractivity contribution in [3.8, 4) is 0 Å². The maximum Gasteiger partial charge on any atom is 0.301 e. The number of unbranched alkanes of at least 4 members (excludes halogenated alkanes) is 1. The molecular weight excluding hydrogens is 270 g/mol.